The molecular weight excluding hydrogens is 312 g/mol. The lowest BCUT2D eigenvalue weighted by molar-refractivity contribution is -0.169. The second kappa shape index (κ2) is 6.23. The highest BCUT2D eigenvalue weighted by Crippen LogP contribution is 2.47. The van der Waals surface area contributed by atoms with Crippen LogP contribution in [0.1, 0.15) is 33.4 Å². The molecular formula is C14H19F2N3O4. The first kappa shape index (κ1) is 17.3. The molecule has 2 N–H and O–H groups in total. The molecule has 128 valence electrons. The SMILES string of the molecule is CC[C@@]1(C(F)F)O[C@@H](n2ccc(N)nc2=O)[C@@H](OC(C)=O)[C@@H]1C. The smallest absolute Gasteiger partial charge is 0.351 e. The summed E-state index contributed by atoms with van der Waals surface area (Å²) in [5.74, 6) is -1.46. The van der Waals surface area contributed by atoms with E-state index < -0.39 is 41.9 Å². The van der Waals surface area contributed by atoms with Crippen LogP contribution < -0.4 is 11.4 Å². The Morgan fingerprint density at radius 1 is 1.61 bits per heavy atom. The minimum absolute atomic E-state index is 0.00273. The van der Waals surface area contributed by atoms with E-state index in [4.69, 9.17) is 15.2 Å². The van der Waals surface area contributed by atoms with E-state index in [1.54, 1.807) is 6.92 Å². The summed E-state index contributed by atoms with van der Waals surface area (Å²) in [4.78, 5) is 26.9. The predicted octanol–water partition coefficient (Wildman–Crippen LogP) is 1.34. The minimum atomic E-state index is -2.80. The third-order valence-corrected chi connectivity index (χ3v) is 4.23. The van der Waals surface area contributed by atoms with Crippen LogP contribution in [-0.4, -0.2) is 33.7 Å². The van der Waals surface area contributed by atoms with Gasteiger partial charge in [-0.3, -0.25) is 9.36 Å². The maximum atomic E-state index is 13.6. The third kappa shape index (κ3) is 2.92. The number of hydrogen-bond acceptors (Lipinski definition) is 6. The lowest BCUT2D eigenvalue weighted by Crippen LogP contribution is -2.43. The number of nitrogen functional groups attached to an aromatic ring is 1. The molecule has 0 radical (unpaired) electrons. The molecule has 1 aromatic heterocycles. The van der Waals surface area contributed by atoms with Crippen LogP contribution in [0.5, 0.6) is 0 Å². The van der Waals surface area contributed by atoms with E-state index in [1.807, 2.05) is 0 Å². The molecule has 1 fully saturated rings. The Bertz CT molecular complexity index is 651. The van der Waals surface area contributed by atoms with Gasteiger partial charge < -0.3 is 15.2 Å². The van der Waals surface area contributed by atoms with Gasteiger partial charge in [-0.05, 0) is 12.5 Å². The number of nitrogens with zero attached hydrogens (tertiary/aromatic N) is 2. The van der Waals surface area contributed by atoms with Crippen molar-refractivity contribution >= 4 is 11.8 Å². The molecule has 2 rings (SSSR count). The van der Waals surface area contributed by atoms with Crippen LogP contribution in [0.15, 0.2) is 17.1 Å². The summed E-state index contributed by atoms with van der Waals surface area (Å²) in [7, 11) is 0. The largest absolute Gasteiger partial charge is 0.457 e. The minimum Gasteiger partial charge on any atom is -0.457 e. The zero-order chi connectivity index (χ0) is 17.4. The van der Waals surface area contributed by atoms with Crippen molar-refractivity contribution < 1.29 is 23.0 Å². The fourth-order valence-electron chi connectivity index (χ4n) is 2.92. The van der Waals surface area contributed by atoms with Gasteiger partial charge in [-0.1, -0.05) is 13.8 Å². The highest BCUT2D eigenvalue weighted by Gasteiger charge is 2.59. The van der Waals surface area contributed by atoms with Gasteiger partial charge in [-0.2, -0.15) is 4.98 Å². The van der Waals surface area contributed by atoms with Crippen LogP contribution in [0, 0.1) is 5.92 Å². The summed E-state index contributed by atoms with van der Waals surface area (Å²) >= 11 is 0. The summed E-state index contributed by atoms with van der Waals surface area (Å²) in [6.07, 6.45) is -3.75. The topological polar surface area (TPSA) is 96.4 Å². The third-order valence-electron chi connectivity index (χ3n) is 4.23. The van der Waals surface area contributed by atoms with Crippen molar-refractivity contribution in [3.8, 4) is 0 Å². The number of rotatable bonds is 4. The molecule has 4 atom stereocenters. The van der Waals surface area contributed by atoms with Crippen molar-refractivity contribution in [3.63, 3.8) is 0 Å². The molecule has 0 spiro atoms. The number of nitrogens with two attached hydrogens (primary N) is 1. The number of aromatic nitrogens is 2. The van der Waals surface area contributed by atoms with Crippen molar-refractivity contribution in [1.29, 1.82) is 0 Å². The average molecular weight is 331 g/mol. The summed E-state index contributed by atoms with van der Waals surface area (Å²) in [6.45, 7) is 4.24. The molecule has 0 bridgehead atoms. The Hall–Kier alpha value is -2.03. The zero-order valence-corrected chi connectivity index (χ0v) is 13.0. The number of anilines is 1. The van der Waals surface area contributed by atoms with Crippen LogP contribution in [0.4, 0.5) is 14.6 Å². The quantitative estimate of drug-likeness (QED) is 0.836. The molecule has 0 aromatic carbocycles. The van der Waals surface area contributed by atoms with Gasteiger partial charge in [0.2, 0.25) is 0 Å². The number of hydrogen-bond donors (Lipinski definition) is 1. The molecule has 7 nitrogen and oxygen atoms in total. The first-order chi connectivity index (χ1) is 10.7. The van der Waals surface area contributed by atoms with Gasteiger partial charge in [0.1, 0.15) is 11.4 Å². The van der Waals surface area contributed by atoms with Crippen molar-refractivity contribution in [1.82, 2.24) is 9.55 Å². The van der Waals surface area contributed by atoms with Gasteiger partial charge in [-0.25, -0.2) is 13.6 Å². The molecule has 0 amide bonds. The number of ether oxygens (including phenoxy) is 2. The first-order valence-corrected chi connectivity index (χ1v) is 7.20. The lowest BCUT2D eigenvalue weighted by atomic mass is 9.85. The van der Waals surface area contributed by atoms with E-state index >= 15 is 0 Å². The van der Waals surface area contributed by atoms with E-state index in [9.17, 15) is 18.4 Å². The molecule has 23 heavy (non-hydrogen) atoms. The predicted molar refractivity (Wildman–Crippen MR) is 76.8 cm³/mol. The molecule has 1 aliphatic heterocycles. The fourth-order valence-corrected chi connectivity index (χ4v) is 2.92. The van der Waals surface area contributed by atoms with Gasteiger partial charge in [0.25, 0.3) is 6.43 Å². The maximum absolute atomic E-state index is 13.6. The summed E-state index contributed by atoms with van der Waals surface area (Å²) in [5, 5.41) is 0. The van der Waals surface area contributed by atoms with Gasteiger partial charge in [-0.15, -0.1) is 0 Å². The Labute approximate surface area is 131 Å². The number of carbonyl (C=O) groups is 1. The molecule has 0 unspecified atom stereocenters. The molecule has 0 aliphatic carbocycles. The fraction of sp³-hybridized carbons (Fsp3) is 0.643. The highest BCUT2D eigenvalue weighted by atomic mass is 19.3. The number of carbonyl (C=O) groups excluding carboxylic acids is 1. The van der Waals surface area contributed by atoms with E-state index in [0.717, 1.165) is 4.57 Å². The molecule has 9 heteroatoms. The summed E-state index contributed by atoms with van der Waals surface area (Å²) in [6, 6.07) is 1.34. The second-order valence-electron chi connectivity index (χ2n) is 5.52. The van der Waals surface area contributed by atoms with Gasteiger partial charge >= 0.3 is 11.7 Å². The second-order valence-corrected chi connectivity index (χ2v) is 5.52. The standard InChI is InChI=1S/C14H19F2N3O4/c1-4-14(12(15)16)7(2)10(22-8(3)20)11(23-14)19-6-5-9(17)18-13(19)21/h5-7,10-12H,4H2,1-3H3,(H2,17,18,21)/t7-,10-,11+,14+/m0/s1. The van der Waals surface area contributed by atoms with Crippen LogP contribution in [-0.2, 0) is 14.3 Å². The molecule has 1 aliphatic rings. The Kier molecular flexibility index (Phi) is 4.69. The molecule has 1 aromatic rings. The van der Waals surface area contributed by atoms with Crippen LogP contribution in [0.25, 0.3) is 0 Å². The zero-order valence-electron chi connectivity index (χ0n) is 13.0. The summed E-state index contributed by atoms with van der Waals surface area (Å²) < 4.78 is 39.0. The van der Waals surface area contributed by atoms with Crippen molar-refractivity contribution in [2.24, 2.45) is 5.92 Å². The Morgan fingerprint density at radius 3 is 2.74 bits per heavy atom. The van der Waals surface area contributed by atoms with Crippen LogP contribution in [0.3, 0.4) is 0 Å². The maximum Gasteiger partial charge on any atom is 0.351 e. The van der Waals surface area contributed by atoms with E-state index in [-0.39, 0.29) is 12.2 Å². The lowest BCUT2D eigenvalue weighted by Gasteiger charge is -2.30. The molecule has 1 saturated heterocycles. The van der Waals surface area contributed by atoms with Crippen LogP contribution >= 0.6 is 0 Å². The number of esters is 1. The van der Waals surface area contributed by atoms with E-state index in [1.165, 1.54) is 26.1 Å². The van der Waals surface area contributed by atoms with Crippen molar-refractivity contribution in [3.05, 3.63) is 22.7 Å². The van der Waals surface area contributed by atoms with E-state index in [0.29, 0.717) is 0 Å². The average Bonchev–Trinajstić information content (AvgIpc) is 2.73. The first-order valence-electron chi connectivity index (χ1n) is 7.20. The van der Waals surface area contributed by atoms with E-state index in [2.05, 4.69) is 4.98 Å². The van der Waals surface area contributed by atoms with Gasteiger partial charge in [0.15, 0.2) is 12.3 Å². The molecule has 0 saturated carbocycles. The van der Waals surface area contributed by atoms with Gasteiger partial charge in [0, 0.05) is 19.0 Å². The number of halogens is 2. The molecule has 2 heterocycles. The number of alkyl halides is 2. The normalized spacial score (nSPS) is 30.6. The monoisotopic (exact) mass is 331 g/mol. The van der Waals surface area contributed by atoms with Crippen molar-refractivity contribution in [2.75, 3.05) is 5.73 Å². The Balaban J connectivity index is 2.51. The van der Waals surface area contributed by atoms with Gasteiger partial charge in [0.05, 0.1) is 0 Å². The van der Waals surface area contributed by atoms with Crippen molar-refractivity contribution in [2.45, 2.75) is 51.6 Å². The highest BCUT2D eigenvalue weighted by molar-refractivity contribution is 5.66. The summed E-state index contributed by atoms with van der Waals surface area (Å²) in [5.41, 5.74) is 2.85. The van der Waals surface area contributed by atoms with Crippen LogP contribution in [0.2, 0.25) is 0 Å². The Morgan fingerprint density at radius 2 is 2.26 bits per heavy atom.